The standard InChI is InChI=1S/C12H13N3O2S/c1-2-5-13-12(18)14-7-3-4-8-9(6-7)11(17)15-10(8)16/h3-4,6H,2,5H2,1H3,(H2,13,14,18)(H,15,16,17). The van der Waals surface area contributed by atoms with Crippen LogP contribution in [0.2, 0.25) is 0 Å². The van der Waals surface area contributed by atoms with Crippen LogP contribution in [-0.2, 0) is 0 Å². The molecule has 0 unspecified atom stereocenters. The third-order valence-electron chi connectivity index (χ3n) is 2.53. The van der Waals surface area contributed by atoms with Gasteiger partial charge in [-0.15, -0.1) is 0 Å². The lowest BCUT2D eigenvalue weighted by atomic mass is 10.1. The Kier molecular flexibility index (Phi) is 3.57. The summed E-state index contributed by atoms with van der Waals surface area (Å²) in [6, 6.07) is 4.95. The third kappa shape index (κ3) is 2.48. The fraction of sp³-hybridized carbons (Fsp3) is 0.250. The number of imide groups is 1. The molecule has 5 nitrogen and oxygen atoms in total. The summed E-state index contributed by atoms with van der Waals surface area (Å²) in [6.07, 6.45) is 0.975. The van der Waals surface area contributed by atoms with Crippen LogP contribution in [0.15, 0.2) is 18.2 Å². The number of carbonyl (C=O) groups excluding carboxylic acids is 2. The first-order valence-corrected chi connectivity index (χ1v) is 6.07. The van der Waals surface area contributed by atoms with Gasteiger partial charge in [0.25, 0.3) is 11.8 Å². The highest BCUT2D eigenvalue weighted by atomic mass is 32.1. The van der Waals surface area contributed by atoms with Gasteiger partial charge >= 0.3 is 0 Å². The molecule has 0 saturated heterocycles. The van der Waals surface area contributed by atoms with E-state index in [1.54, 1.807) is 18.2 Å². The summed E-state index contributed by atoms with van der Waals surface area (Å²) >= 11 is 5.09. The molecule has 1 aliphatic heterocycles. The molecule has 0 bridgehead atoms. The molecule has 0 radical (unpaired) electrons. The van der Waals surface area contributed by atoms with Crippen molar-refractivity contribution in [2.75, 3.05) is 11.9 Å². The van der Waals surface area contributed by atoms with E-state index in [4.69, 9.17) is 12.2 Å². The largest absolute Gasteiger partial charge is 0.362 e. The average molecular weight is 263 g/mol. The molecule has 1 aromatic carbocycles. The van der Waals surface area contributed by atoms with Gasteiger partial charge in [-0.05, 0) is 36.8 Å². The van der Waals surface area contributed by atoms with Crippen molar-refractivity contribution in [2.24, 2.45) is 0 Å². The Morgan fingerprint density at radius 1 is 1.28 bits per heavy atom. The van der Waals surface area contributed by atoms with Crippen molar-refractivity contribution in [3.05, 3.63) is 29.3 Å². The number of amides is 2. The minimum Gasteiger partial charge on any atom is -0.362 e. The molecule has 1 heterocycles. The van der Waals surface area contributed by atoms with Crippen LogP contribution in [0, 0.1) is 0 Å². The van der Waals surface area contributed by atoms with Crippen molar-refractivity contribution >= 4 is 34.8 Å². The average Bonchev–Trinajstić information content (AvgIpc) is 2.62. The van der Waals surface area contributed by atoms with Gasteiger partial charge in [0.1, 0.15) is 0 Å². The summed E-state index contributed by atoms with van der Waals surface area (Å²) in [5, 5.41) is 8.74. The maximum Gasteiger partial charge on any atom is 0.259 e. The van der Waals surface area contributed by atoms with E-state index in [1.165, 1.54) is 0 Å². The number of fused-ring (bicyclic) bond motifs is 1. The molecule has 94 valence electrons. The Morgan fingerprint density at radius 2 is 2.00 bits per heavy atom. The second-order valence-corrected chi connectivity index (χ2v) is 4.33. The molecule has 2 rings (SSSR count). The number of carbonyl (C=O) groups is 2. The molecule has 1 aliphatic rings. The first kappa shape index (κ1) is 12.5. The number of anilines is 1. The van der Waals surface area contributed by atoms with Gasteiger partial charge < -0.3 is 10.6 Å². The molecule has 6 heteroatoms. The summed E-state index contributed by atoms with van der Waals surface area (Å²) in [4.78, 5) is 22.8. The van der Waals surface area contributed by atoms with Crippen LogP contribution in [0.4, 0.5) is 5.69 Å². The number of thiocarbonyl (C=S) groups is 1. The Morgan fingerprint density at radius 3 is 2.72 bits per heavy atom. The fourth-order valence-electron chi connectivity index (χ4n) is 1.66. The van der Waals surface area contributed by atoms with Crippen LogP contribution in [0.3, 0.4) is 0 Å². The van der Waals surface area contributed by atoms with Crippen LogP contribution in [0.25, 0.3) is 0 Å². The van der Waals surface area contributed by atoms with Crippen molar-refractivity contribution < 1.29 is 9.59 Å². The first-order valence-electron chi connectivity index (χ1n) is 5.66. The van der Waals surface area contributed by atoms with E-state index >= 15 is 0 Å². The monoisotopic (exact) mass is 263 g/mol. The van der Waals surface area contributed by atoms with Crippen LogP contribution >= 0.6 is 12.2 Å². The minimum absolute atomic E-state index is 0.353. The van der Waals surface area contributed by atoms with Crippen LogP contribution < -0.4 is 16.0 Å². The van der Waals surface area contributed by atoms with Gasteiger partial charge in [-0.1, -0.05) is 6.92 Å². The van der Waals surface area contributed by atoms with E-state index in [1.807, 2.05) is 6.92 Å². The molecule has 3 N–H and O–H groups in total. The van der Waals surface area contributed by atoms with Crippen molar-refractivity contribution in [3.63, 3.8) is 0 Å². The Balaban J connectivity index is 2.13. The molecule has 0 atom stereocenters. The van der Waals surface area contributed by atoms with Crippen molar-refractivity contribution in [3.8, 4) is 0 Å². The molecule has 0 aromatic heterocycles. The molecular weight excluding hydrogens is 250 g/mol. The minimum atomic E-state index is -0.369. The lowest BCUT2D eigenvalue weighted by molar-refractivity contribution is 0.0879. The molecule has 0 spiro atoms. The number of rotatable bonds is 3. The van der Waals surface area contributed by atoms with Gasteiger partial charge in [-0.3, -0.25) is 14.9 Å². The molecule has 0 saturated carbocycles. The quantitative estimate of drug-likeness (QED) is 0.566. The molecule has 0 aliphatic carbocycles. The zero-order valence-corrected chi connectivity index (χ0v) is 10.7. The molecule has 18 heavy (non-hydrogen) atoms. The Bertz CT molecular complexity index is 528. The zero-order valence-electron chi connectivity index (χ0n) is 9.87. The van der Waals surface area contributed by atoms with E-state index in [0.29, 0.717) is 21.9 Å². The van der Waals surface area contributed by atoms with Gasteiger partial charge in [-0.2, -0.15) is 0 Å². The lowest BCUT2D eigenvalue weighted by Crippen LogP contribution is -2.28. The zero-order chi connectivity index (χ0) is 13.1. The smallest absolute Gasteiger partial charge is 0.259 e. The maximum absolute atomic E-state index is 11.5. The lowest BCUT2D eigenvalue weighted by Gasteiger charge is -2.10. The number of hydrogen-bond donors (Lipinski definition) is 3. The number of benzene rings is 1. The molecule has 0 fully saturated rings. The van der Waals surface area contributed by atoms with E-state index < -0.39 is 0 Å². The predicted molar refractivity (Wildman–Crippen MR) is 72.8 cm³/mol. The molecular formula is C12H13N3O2S. The maximum atomic E-state index is 11.5. The van der Waals surface area contributed by atoms with Crippen molar-refractivity contribution in [2.45, 2.75) is 13.3 Å². The summed E-state index contributed by atoms with van der Waals surface area (Å²) < 4.78 is 0. The normalized spacial score (nSPS) is 12.9. The molecule has 2 amide bonds. The summed E-state index contributed by atoms with van der Waals surface area (Å²) in [6.45, 7) is 2.83. The number of nitrogens with one attached hydrogen (secondary N) is 3. The highest BCUT2D eigenvalue weighted by molar-refractivity contribution is 7.80. The van der Waals surface area contributed by atoms with Crippen molar-refractivity contribution in [1.29, 1.82) is 0 Å². The highest BCUT2D eigenvalue weighted by Gasteiger charge is 2.26. The third-order valence-corrected chi connectivity index (χ3v) is 2.78. The van der Waals surface area contributed by atoms with Crippen molar-refractivity contribution in [1.82, 2.24) is 10.6 Å². The van der Waals surface area contributed by atoms with E-state index in [0.717, 1.165) is 13.0 Å². The van der Waals surface area contributed by atoms with Gasteiger partial charge in [0.2, 0.25) is 0 Å². The van der Waals surface area contributed by atoms with Crippen LogP contribution in [0.1, 0.15) is 34.1 Å². The number of hydrogen-bond acceptors (Lipinski definition) is 3. The Labute approximate surface area is 110 Å². The second kappa shape index (κ2) is 5.14. The Hall–Kier alpha value is -1.95. The first-order chi connectivity index (χ1) is 8.61. The molecule has 1 aromatic rings. The van der Waals surface area contributed by atoms with Gasteiger partial charge in [-0.25, -0.2) is 0 Å². The van der Waals surface area contributed by atoms with Gasteiger partial charge in [0.05, 0.1) is 11.1 Å². The van der Waals surface area contributed by atoms with Crippen LogP contribution in [0.5, 0.6) is 0 Å². The fourth-order valence-corrected chi connectivity index (χ4v) is 1.88. The van der Waals surface area contributed by atoms with Crippen LogP contribution in [-0.4, -0.2) is 23.5 Å². The SMILES string of the molecule is CCCNC(=S)Nc1ccc2c(c1)C(=O)NC2=O. The van der Waals surface area contributed by atoms with E-state index in [-0.39, 0.29) is 11.8 Å². The van der Waals surface area contributed by atoms with E-state index in [2.05, 4.69) is 16.0 Å². The highest BCUT2D eigenvalue weighted by Crippen LogP contribution is 2.20. The van der Waals surface area contributed by atoms with Gasteiger partial charge in [0.15, 0.2) is 5.11 Å². The second-order valence-electron chi connectivity index (χ2n) is 3.92. The van der Waals surface area contributed by atoms with Gasteiger partial charge in [0, 0.05) is 12.2 Å². The summed E-state index contributed by atoms with van der Waals surface area (Å²) in [7, 11) is 0. The summed E-state index contributed by atoms with van der Waals surface area (Å²) in [5.41, 5.74) is 1.47. The predicted octanol–water partition coefficient (Wildman–Crippen LogP) is 1.27. The van der Waals surface area contributed by atoms with E-state index in [9.17, 15) is 9.59 Å². The topological polar surface area (TPSA) is 70.2 Å². The summed E-state index contributed by atoms with van der Waals surface area (Å²) in [5.74, 6) is -0.723.